The second-order valence-corrected chi connectivity index (χ2v) is 4.72. The zero-order chi connectivity index (χ0) is 13.0. The lowest BCUT2D eigenvalue weighted by Gasteiger charge is -1.98. The molecule has 0 radical (unpaired) electrons. The fourth-order valence-corrected chi connectivity index (χ4v) is 2.26. The Kier molecular flexibility index (Phi) is 4.04. The van der Waals surface area contributed by atoms with E-state index in [9.17, 15) is 9.59 Å². The number of benzene rings is 1. The summed E-state index contributed by atoms with van der Waals surface area (Å²) in [6.07, 6.45) is 0. The zero-order valence-corrected chi connectivity index (χ0v) is 10.8. The average molecular weight is 263 g/mol. The number of furan rings is 1. The first kappa shape index (κ1) is 12.7. The third-order valence-electron chi connectivity index (χ3n) is 2.45. The molecule has 2 aromatic rings. The minimum Gasteiger partial charge on any atom is -0.453 e. The van der Waals surface area contributed by atoms with Crippen LogP contribution in [0.1, 0.15) is 10.6 Å². The molecule has 1 amide bonds. The molecule has 1 aromatic carbocycles. The SMILES string of the molecule is CNC(=O)CSCC(=O)c1cc2ccccc2o1. The number of hydrogen-bond donors (Lipinski definition) is 1. The number of thioether (sulfide) groups is 1. The highest BCUT2D eigenvalue weighted by Gasteiger charge is 2.12. The van der Waals surface area contributed by atoms with Crippen LogP contribution in [0.5, 0.6) is 0 Å². The molecule has 1 aromatic heterocycles. The van der Waals surface area contributed by atoms with Gasteiger partial charge in [-0.1, -0.05) is 18.2 Å². The summed E-state index contributed by atoms with van der Waals surface area (Å²) in [6, 6.07) is 9.21. The van der Waals surface area contributed by atoms with Gasteiger partial charge in [0.15, 0.2) is 5.76 Å². The fraction of sp³-hybridized carbons (Fsp3) is 0.231. The van der Waals surface area contributed by atoms with Crippen LogP contribution >= 0.6 is 11.8 Å². The van der Waals surface area contributed by atoms with Crippen molar-refractivity contribution in [3.8, 4) is 0 Å². The maximum absolute atomic E-state index is 11.8. The highest BCUT2D eigenvalue weighted by Crippen LogP contribution is 2.20. The highest BCUT2D eigenvalue weighted by molar-refractivity contribution is 8.00. The molecule has 18 heavy (non-hydrogen) atoms. The summed E-state index contributed by atoms with van der Waals surface area (Å²) < 4.78 is 5.45. The average Bonchev–Trinajstić information content (AvgIpc) is 2.82. The van der Waals surface area contributed by atoms with Crippen LogP contribution in [0.15, 0.2) is 34.7 Å². The molecule has 0 aliphatic rings. The van der Waals surface area contributed by atoms with Crippen molar-refractivity contribution in [2.75, 3.05) is 18.6 Å². The Morgan fingerprint density at radius 2 is 2.06 bits per heavy atom. The Morgan fingerprint density at radius 3 is 2.78 bits per heavy atom. The molecule has 4 nitrogen and oxygen atoms in total. The van der Waals surface area contributed by atoms with Gasteiger partial charge in [-0.3, -0.25) is 9.59 Å². The smallest absolute Gasteiger partial charge is 0.229 e. The lowest BCUT2D eigenvalue weighted by molar-refractivity contribution is -0.118. The van der Waals surface area contributed by atoms with E-state index in [4.69, 9.17) is 4.42 Å². The van der Waals surface area contributed by atoms with E-state index in [0.29, 0.717) is 11.3 Å². The van der Waals surface area contributed by atoms with E-state index in [1.165, 1.54) is 11.8 Å². The molecule has 1 N–H and O–H groups in total. The summed E-state index contributed by atoms with van der Waals surface area (Å²) in [7, 11) is 1.57. The van der Waals surface area contributed by atoms with Crippen LogP contribution in [-0.4, -0.2) is 30.2 Å². The van der Waals surface area contributed by atoms with E-state index < -0.39 is 0 Å². The third kappa shape index (κ3) is 2.92. The van der Waals surface area contributed by atoms with Crippen molar-refractivity contribution in [2.24, 2.45) is 0 Å². The maximum atomic E-state index is 11.8. The number of fused-ring (bicyclic) bond motifs is 1. The van der Waals surface area contributed by atoms with Crippen LogP contribution in [0.2, 0.25) is 0 Å². The number of rotatable bonds is 5. The first-order valence-electron chi connectivity index (χ1n) is 5.51. The van der Waals surface area contributed by atoms with Gasteiger partial charge in [0.05, 0.1) is 11.5 Å². The first-order chi connectivity index (χ1) is 8.70. The molecule has 0 atom stereocenters. The molecule has 0 saturated carbocycles. The summed E-state index contributed by atoms with van der Waals surface area (Å²) in [5.41, 5.74) is 0.706. The predicted octanol–water partition coefficient (Wildman–Crippen LogP) is 2.09. The minimum atomic E-state index is -0.0971. The molecule has 0 aliphatic carbocycles. The standard InChI is InChI=1S/C13H13NO3S/c1-14-13(16)8-18-7-10(15)12-6-9-4-2-3-5-11(9)17-12/h2-6H,7-8H2,1H3,(H,14,16). The normalized spacial score (nSPS) is 10.5. The van der Waals surface area contributed by atoms with E-state index >= 15 is 0 Å². The van der Waals surface area contributed by atoms with Gasteiger partial charge in [0, 0.05) is 12.4 Å². The summed E-state index contributed by atoms with van der Waals surface area (Å²) >= 11 is 1.28. The Morgan fingerprint density at radius 1 is 1.28 bits per heavy atom. The van der Waals surface area contributed by atoms with Gasteiger partial charge in [-0.25, -0.2) is 0 Å². The highest BCUT2D eigenvalue weighted by atomic mass is 32.2. The largest absolute Gasteiger partial charge is 0.453 e. The molecule has 1 heterocycles. The summed E-state index contributed by atoms with van der Waals surface area (Å²) in [5.74, 6) is 0.688. The van der Waals surface area contributed by atoms with Gasteiger partial charge in [-0.05, 0) is 12.1 Å². The Bertz CT molecular complexity index is 543. The lowest BCUT2D eigenvalue weighted by Crippen LogP contribution is -2.20. The third-order valence-corrected chi connectivity index (χ3v) is 3.38. The second kappa shape index (κ2) is 5.73. The number of nitrogens with one attached hydrogen (secondary N) is 1. The molecule has 0 unspecified atom stereocenters. The number of para-hydroxylation sites is 1. The van der Waals surface area contributed by atoms with Crippen LogP contribution in [0.4, 0.5) is 0 Å². The molecule has 0 fully saturated rings. The van der Waals surface area contributed by atoms with Crippen molar-refractivity contribution in [1.82, 2.24) is 5.32 Å². The monoisotopic (exact) mass is 263 g/mol. The van der Waals surface area contributed by atoms with Gasteiger partial charge in [-0.15, -0.1) is 11.8 Å². The Hall–Kier alpha value is -1.75. The first-order valence-corrected chi connectivity index (χ1v) is 6.66. The number of Topliss-reactive ketones (excluding diaryl/α,β-unsaturated/α-hetero) is 1. The molecule has 0 aliphatic heterocycles. The molecule has 2 rings (SSSR count). The minimum absolute atomic E-state index is 0.0857. The zero-order valence-electron chi connectivity index (χ0n) is 9.93. The van der Waals surface area contributed by atoms with Crippen LogP contribution in [-0.2, 0) is 4.79 Å². The molecule has 0 spiro atoms. The van der Waals surface area contributed by atoms with Gasteiger partial charge < -0.3 is 9.73 Å². The number of carbonyl (C=O) groups excluding carboxylic acids is 2. The molecule has 94 valence electrons. The van der Waals surface area contributed by atoms with Crippen LogP contribution < -0.4 is 5.32 Å². The van der Waals surface area contributed by atoms with Crippen molar-refractivity contribution in [3.05, 3.63) is 36.1 Å². The van der Waals surface area contributed by atoms with Gasteiger partial charge >= 0.3 is 0 Å². The van der Waals surface area contributed by atoms with Gasteiger partial charge in [0.1, 0.15) is 5.58 Å². The predicted molar refractivity (Wildman–Crippen MR) is 71.9 cm³/mol. The second-order valence-electron chi connectivity index (χ2n) is 3.74. The van der Waals surface area contributed by atoms with Gasteiger partial charge in [0.25, 0.3) is 0 Å². The fourth-order valence-electron chi connectivity index (χ4n) is 1.50. The van der Waals surface area contributed by atoms with Crippen molar-refractivity contribution >= 4 is 34.4 Å². The number of carbonyl (C=O) groups is 2. The van der Waals surface area contributed by atoms with Crippen LogP contribution in [0, 0.1) is 0 Å². The van der Waals surface area contributed by atoms with E-state index in [1.807, 2.05) is 24.3 Å². The van der Waals surface area contributed by atoms with Crippen molar-refractivity contribution < 1.29 is 14.0 Å². The van der Waals surface area contributed by atoms with Crippen LogP contribution in [0.25, 0.3) is 11.0 Å². The van der Waals surface area contributed by atoms with Gasteiger partial charge in [0.2, 0.25) is 11.7 Å². The Balaban J connectivity index is 1.98. The van der Waals surface area contributed by atoms with E-state index in [1.54, 1.807) is 13.1 Å². The molecular weight excluding hydrogens is 250 g/mol. The van der Waals surface area contributed by atoms with E-state index in [-0.39, 0.29) is 23.2 Å². The molecule has 5 heteroatoms. The summed E-state index contributed by atoms with van der Waals surface area (Å²) in [6.45, 7) is 0. The number of amides is 1. The molecule has 0 saturated heterocycles. The number of hydrogen-bond acceptors (Lipinski definition) is 4. The van der Waals surface area contributed by atoms with Crippen molar-refractivity contribution in [1.29, 1.82) is 0 Å². The number of ketones is 1. The molecule has 0 bridgehead atoms. The van der Waals surface area contributed by atoms with E-state index in [0.717, 1.165) is 5.39 Å². The van der Waals surface area contributed by atoms with Crippen molar-refractivity contribution in [3.63, 3.8) is 0 Å². The quantitative estimate of drug-likeness (QED) is 0.839. The van der Waals surface area contributed by atoms with Crippen molar-refractivity contribution in [2.45, 2.75) is 0 Å². The Labute approximate surface area is 109 Å². The topological polar surface area (TPSA) is 59.3 Å². The maximum Gasteiger partial charge on any atom is 0.229 e. The van der Waals surface area contributed by atoms with Gasteiger partial charge in [-0.2, -0.15) is 0 Å². The van der Waals surface area contributed by atoms with E-state index in [2.05, 4.69) is 5.32 Å². The molecular formula is C13H13NO3S. The van der Waals surface area contributed by atoms with Crippen LogP contribution in [0.3, 0.4) is 0 Å². The summed E-state index contributed by atoms with van der Waals surface area (Å²) in [4.78, 5) is 22.8. The lowest BCUT2D eigenvalue weighted by atomic mass is 10.2. The summed E-state index contributed by atoms with van der Waals surface area (Å²) in [5, 5.41) is 3.42.